The number of hydrogen-bond acceptors (Lipinski definition) is 8. The fourth-order valence-electron chi connectivity index (χ4n) is 2.47. The monoisotopic (exact) mass is 435 g/mol. The summed E-state index contributed by atoms with van der Waals surface area (Å²) in [6, 6.07) is 9.72. The van der Waals surface area contributed by atoms with Gasteiger partial charge in [0.1, 0.15) is 17.8 Å². The van der Waals surface area contributed by atoms with Crippen molar-refractivity contribution in [3.8, 4) is 11.5 Å². The van der Waals surface area contributed by atoms with Gasteiger partial charge in [-0.25, -0.2) is 9.97 Å². The van der Waals surface area contributed by atoms with E-state index in [1.54, 1.807) is 30.3 Å². The minimum absolute atomic E-state index is 0.0154. The van der Waals surface area contributed by atoms with Crippen LogP contribution in [0.2, 0.25) is 10.0 Å². The van der Waals surface area contributed by atoms with Gasteiger partial charge >= 0.3 is 5.69 Å². The highest BCUT2D eigenvalue weighted by atomic mass is 35.5. The Balaban J connectivity index is 1.99. The van der Waals surface area contributed by atoms with Gasteiger partial charge in [-0.1, -0.05) is 23.2 Å². The third-order valence-corrected chi connectivity index (χ3v) is 4.59. The molecule has 0 aliphatic carbocycles. The van der Waals surface area contributed by atoms with Gasteiger partial charge in [0.2, 0.25) is 11.6 Å². The van der Waals surface area contributed by atoms with Crippen LogP contribution in [0.1, 0.15) is 0 Å². The SMILES string of the molecule is COc1ccc(Nc2ncnc(Nc3ccc(Cl)c(Cl)c3)c2[N+](=O)[O-])c(OC)c1. The van der Waals surface area contributed by atoms with Crippen molar-refractivity contribution >= 4 is 51.9 Å². The van der Waals surface area contributed by atoms with Crippen molar-refractivity contribution in [1.82, 2.24) is 9.97 Å². The molecule has 0 fully saturated rings. The first-order chi connectivity index (χ1) is 13.9. The van der Waals surface area contributed by atoms with Crippen LogP contribution >= 0.6 is 23.2 Å². The second-order valence-corrected chi connectivity index (χ2v) is 6.44. The van der Waals surface area contributed by atoms with E-state index in [2.05, 4.69) is 20.6 Å². The van der Waals surface area contributed by atoms with E-state index < -0.39 is 4.92 Å². The van der Waals surface area contributed by atoms with Crippen molar-refractivity contribution in [1.29, 1.82) is 0 Å². The molecule has 2 aromatic carbocycles. The van der Waals surface area contributed by atoms with Crippen LogP contribution in [0.15, 0.2) is 42.7 Å². The molecule has 1 aromatic heterocycles. The average molecular weight is 436 g/mol. The number of rotatable bonds is 7. The Morgan fingerprint density at radius 1 is 0.966 bits per heavy atom. The van der Waals surface area contributed by atoms with Crippen LogP contribution in [0.5, 0.6) is 11.5 Å². The Hall–Kier alpha value is -3.30. The second-order valence-electron chi connectivity index (χ2n) is 5.62. The van der Waals surface area contributed by atoms with Crippen molar-refractivity contribution in [3.05, 3.63) is 62.9 Å². The summed E-state index contributed by atoms with van der Waals surface area (Å²) in [6.45, 7) is 0. The molecule has 0 atom stereocenters. The van der Waals surface area contributed by atoms with Gasteiger partial charge in [0.05, 0.1) is 34.9 Å². The molecule has 9 nitrogen and oxygen atoms in total. The van der Waals surface area contributed by atoms with Gasteiger partial charge in [0, 0.05) is 11.8 Å². The van der Waals surface area contributed by atoms with E-state index in [1.807, 2.05) is 0 Å². The topological polar surface area (TPSA) is 111 Å². The molecule has 0 unspecified atom stereocenters. The molecule has 3 rings (SSSR count). The number of ether oxygens (including phenoxy) is 2. The average Bonchev–Trinajstić information content (AvgIpc) is 2.71. The second kappa shape index (κ2) is 8.80. The summed E-state index contributed by atoms with van der Waals surface area (Å²) in [5.74, 6) is 0.970. The molecule has 2 N–H and O–H groups in total. The van der Waals surface area contributed by atoms with Crippen molar-refractivity contribution in [2.75, 3.05) is 24.9 Å². The lowest BCUT2D eigenvalue weighted by molar-refractivity contribution is -0.383. The van der Waals surface area contributed by atoms with E-state index in [1.165, 1.54) is 26.6 Å². The normalized spacial score (nSPS) is 10.3. The zero-order chi connectivity index (χ0) is 21.0. The molecule has 0 bridgehead atoms. The Morgan fingerprint density at radius 2 is 1.69 bits per heavy atom. The van der Waals surface area contributed by atoms with E-state index in [9.17, 15) is 10.1 Å². The molecule has 0 saturated carbocycles. The molecule has 0 aliphatic rings. The molecule has 11 heteroatoms. The first-order valence-electron chi connectivity index (χ1n) is 8.13. The first kappa shape index (κ1) is 20.4. The minimum Gasteiger partial charge on any atom is -0.497 e. The molecule has 150 valence electrons. The molecular weight excluding hydrogens is 421 g/mol. The standard InChI is InChI=1S/C18H15Cl2N5O4/c1-28-11-4-6-14(15(8-11)29-2)24-18-16(25(26)27)17(21-9-22-18)23-10-3-5-12(19)13(20)7-10/h3-9H,1-2H3,(H2,21,22,23,24). The predicted molar refractivity (Wildman–Crippen MR) is 111 cm³/mol. The summed E-state index contributed by atoms with van der Waals surface area (Å²) < 4.78 is 10.5. The number of anilines is 4. The van der Waals surface area contributed by atoms with Gasteiger partial charge in [-0.3, -0.25) is 10.1 Å². The van der Waals surface area contributed by atoms with Crippen molar-refractivity contribution < 1.29 is 14.4 Å². The predicted octanol–water partition coefficient (Wildman–Crippen LogP) is 5.20. The Bertz CT molecular complexity index is 1060. The number of hydrogen-bond donors (Lipinski definition) is 2. The summed E-state index contributed by atoms with van der Waals surface area (Å²) >= 11 is 11.9. The molecular formula is C18H15Cl2N5O4. The zero-order valence-corrected chi connectivity index (χ0v) is 16.8. The minimum atomic E-state index is -0.585. The summed E-state index contributed by atoms with van der Waals surface area (Å²) in [7, 11) is 3.00. The molecule has 1 heterocycles. The van der Waals surface area contributed by atoms with Gasteiger partial charge in [0.15, 0.2) is 0 Å². The van der Waals surface area contributed by atoms with E-state index >= 15 is 0 Å². The van der Waals surface area contributed by atoms with Gasteiger partial charge in [0.25, 0.3) is 0 Å². The number of nitro groups is 1. The number of nitrogens with zero attached hydrogens (tertiary/aromatic N) is 3. The highest BCUT2D eigenvalue weighted by molar-refractivity contribution is 6.42. The lowest BCUT2D eigenvalue weighted by atomic mass is 10.2. The van der Waals surface area contributed by atoms with Gasteiger partial charge < -0.3 is 20.1 Å². The van der Waals surface area contributed by atoms with E-state index in [0.29, 0.717) is 32.9 Å². The van der Waals surface area contributed by atoms with Crippen LogP contribution in [-0.2, 0) is 0 Å². The van der Waals surface area contributed by atoms with Crippen LogP contribution in [0, 0.1) is 10.1 Å². The number of methoxy groups -OCH3 is 2. The van der Waals surface area contributed by atoms with Crippen LogP contribution in [-0.4, -0.2) is 29.1 Å². The Labute approximate surface area is 175 Å². The number of nitrogens with one attached hydrogen (secondary N) is 2. The molecule has 0 aliphatic heterocycles. The molecule has 0 radical (unpaired) electrons. The maximum atomic E-state index is 11.7. The van der Waals surface area contributed by atoms with E-state index in [-0.39, 0.29) is 17.3 Å². The molecule has 3 aromatic rings. The Kier molecular flexibility index (Phi) is 6.20. The Morgan fingerprint density at radius 3 is 2.31 bits per heavy atom. The van der Waals surface area contributed by atoms with Crippen LogP contribution < -0.4 is 20.1 Å². The summed E-state index contributed by atoms with van der Waals surface area (Å²) in [6.07, 6.45) is 1.20. The first-order valence-corrected chi connectivity index (χ1v) is 8.89. The van der Waals surface area contributed by atoms with Gasteiger partial charge in [-0.15, -0.1) is 0 Å². The molecule has 29 heavy (non-hydrogen) atoms. The number of aromatic nitrogens is 2. The maximum Gasteiger partial charge on any atom is 0.353 e. The number of halogens is 2. The van der Waals surface area contributed by atoms with Gasteiger partial charge in [-0.2, -0.15) is 0 Å². The molecule has 0 saturated heterocycles. The largest absolute Gasteiger partial charge is 0.497 e. The van der Waals surface area contributed by atoms with Crippen molar-refractivity contribution in [3.63, 3.8) is 0 Å². The third-order valence-electron chi connectivity index (χ3n) is 3.85. The lowest BCUT2D eigenvalue weighted by Crippen LogP contribution is -2.06. The highest BCUT2D eigenvalue weighted by Crippen LogP contribution is 2.37. The van der Waals surface area contributed by atoms with Crippen molar-refractivity contribution in [2.24, 2.45) is 0 Å². The molecule has 0 spiro atoms. The third kappa shape index (κ3) is 4.58. The zero-order valence-electron chi connectivity index (χ0n) is 15.3. The van der Waals surface area contributed by atoms with E-state index in [0.717, 1.165) is 0 Å². The lowest BCUT2D eigenvalue weighted by Gasteiger charge is -2.13. The highest BCUT2D eigenvalue weighted by Gasteiger charge is 2.24. The summed E-state index contributed by atoms with van der Waals surface area (Å²) in [5, 5.41) is 18.2. The molecule has 0 amide bonds. The quantitative estimate of drug-likeness (QED) is 0.384. The summed E-state index contributed by atoms with van der Waals surface area (Å²) in [5.41, 5.74) is 0.598. The van der Waals surface area contributed by atoms with Gasteiger partial charge in [-0.05, 0) is 30.3 Å². The summed E-state index contributed by atoms with van der Waals surface area (Å²) in [4.78, 5) is 19.2. The smallest absolute Gasteiger partial charge is 0.353 e. The van der Waals surface area contributed by atoms with Crippen LogP contribution in [0.25, 0.3) is 0 Å². The van der Waals surface area contributed by atoms with Crippen LogP contribution in [0.4, 0.5) is 28.7 Å². The fraction of sp³-hybridized carbons (Fsp3) is 0.111. The van der Waals surface area contributed by atoms with E-state index in [4.69, 9.17) is 32.7 Å². The van der Waals surface area contributed by atoms with Crippen LogP contribution in [0.3, 0.4) is 0 Å². The number of benzene rings is 2. The fourth-order valence-corrected chi connectivity index (χ4v) is 2.77. The maximum absolute atomic E-state index is 11.7. The van der Waals surface area contributed by atoms with Crippen molar-refractivity contribution in [2.45, 2.75) is 0 Å².